The molecule has 0 aliphatic carbocycles. The second-order valence-corrected chi connectivity index (χ2v) is 3.55. The fourth-order valence-electron chi connectivity index (χ4n) is 1.32. The molecule has 0 saturated heterocycles. The highest BCUT2D eigenvalue weighted by atomic mass is 16.4. The molecule has 0 aromatic heterocycles. The first-order valence-electron chi connectivity index (χ1n) is 5.07. The first kappa shape index (κ1) is 16.3. The maximum Gasteiger partial charge on any atom is 0.317 e. The molecule has 0 bridgehead atoms. The van der Waals surface area contributed by atoms with Gasteiger partial charge in [0.1, 0.15) is 0 Å². The molecular formula is C9H16N2O7. The van der Waals surface area contributed by atoms with Crippen molar-refractivity contribution in [3.05, 3.63) is 0 Å². The summed E-state index contributed by atoms with van der Waals surface area (Å²) in [6.07, 6.45) is 0. The lowest BCUT2D eigenvalue weighted by atomic mass is 10.2. The molecule has 0 radical (unpaired) electrons. The largest absolute Gasteiger partial charge is 0.480 e. The number of carboxylic acid groups (broad SMARTS) is 3. The molecule has 0 aliphatic rings. The van der Waals surface area contributed by atoms with Gasteiger partial charge in [0.2, 0.25) is 0 Å². The summed E-state index contributed by atoms with van der Waals surface area (Å²) in [5.41, 5.74) is 0. The van der Waals surface area contributed by atoms with Gasteiger partial charge in [0.05, 0.1) is 26.2 Å². The van der Waals surface area contributed by atoms with Crippen molar-refractivity contribution in [2.45, 2.75) is 6.04 Å². The first-order chi connectivity index (χ1) is 8.36. The van der Waals surface area contributed by atoms with Gasteiger partial charge in [0.15, 0.2) is 0 Å². The topological polar surface area (TPSA) is 147 Å². The Kier molecular flexibility index (Phi) is 7.59. The van der Waals surface area contributed by atoms with Crippen molar-refractivity contribution in [2.24, 2.45) is 0 Å². The SMILES string of the molecule is O=C(O)CNCC(CO)N(CC(=O)O)CC(=O)O. The van der Waals surface area contributed by atoms with E-state index in [4.69, 9.17) is 20.4 Å². The Morgan fingerprint density at radius 2 is 1.50 bits per heavy atom. The average Bonchev–Trinajstić information content (AvgIpc) is 2.21. The third-order valence-electron chi connectivity index (χ3n) is 2.06. The summed E-state index contributed by atoms with van der Waals surface area (Å²) in [6, 6.07) is -0.781. The van der Waals surface area contributed by atoms with E-state index in [1.54, 1.807) is 0 Å². The molecule has 0 heterocycles. The predicted octanol–water partition coefficient (Wildman–Crippen LogP) is -2.51. The zero-order valence-electron chi connectivity index (χ0n) is 9.57. The highest BCUT2D eigenvalue weighted by Crippen LogP contribution is 1.98. The minimum absolute atomic E-state index is 0.0244. The molecule has 9 heteroatoms. The van der Waals surface area contributed by atoms with Crippen molar-refractivity contribution in [3.63, 3.8) is 0 Å². The van der Waals surface area contributed by atoms with Crippen molar-refractivity contribution in [1.82, 2.24) is 10.2 Å². The van der Waals surface area contributed by atoms with Gasteiger partial charge in [-0.3, -0.25) is 19.3 Å². The first-order valence-corrected chi connectivity index (χ1v) is 5.07. The molecule has 0 spiro atoms. The molecular weight excluding hydrogens is 248 g/mol. The molecule has 0 aromatic carbocycles. The van der Waals surface area contributed by atoms with Gasteiger partial charge in [-0.15, -0.1) is 0 Å². The van der Waals surface area contributed by atoms with E-state index in [1.807, 2.05) is 0 Å². The number of carboxylic acids is 3. The quantitative estimate of drug-likeness (QED) is 0.288. The normalized spacial score (nSPS) is 12.3. The maximum atomic E-state index is 10.6. The van der Waals surface area contributed by atoms with Gasteiger partial charge in [0, 0.05) is 12.6 Å². The third kappa shape index (κ3) is 7.54. The van der Waals surface area contributed by atoms with Gasteiger partial charge in [-0.25, -0.2) is 0 Å². The van der Waals surface area contributed by atoms with Gasteiger partial charge in [-0.05, 0) is 0 Å². The number of aliphatic hydroxyl groups is 1. The van der Waals surface area contributed by atoms with Crippen molar-refractivity contribution in [2.75, 3.05) is 32.8 Å². The molecule has 1 unspecified atom stereocenters. The lowest BCUT2D eigenvalue weighted by Gasteiger charge is -2.27. The average molecular weight is 264 g/mol. The van der Waals surface area contributed by atoms with Crippen molar-refractivity contribution < 1.29 is 34.8 Å². The number of hydrogen-bond acceptors (Lipinski definition) is 6. The Morgan fingerprint density at radius 3 is 1.83 bits per heavy atom. The van der Waals surface area contributed by atoms with Crippen LogP contribution in [0, 0.1) is 0 Å². The highest BCUT2D eigenvalue weighted by molar-refractivity contribution is 5.72. The van der Waals surface area contributed by atoms with E-state index in [9.17, 15) is 14.4 Å². The standard InChI is InChI=1S/C9H16N2O7/c12-5-6(1-10-2-7(13)14)11(3-8(15)16)4-9(17)18/h6,10,12H,1-5H2,(H,13,14)(H,15,16)(H,17,18). The van der Waals surface area contributed by atoms with Crippen LogP contribution >= 0.6 is 0 Å². The van der Waals surface area contributed by atoms with Crippen LogP contribution in [0.3, 0.4) is 0 Å². The van der Waals surface area contributed by atoms with Crippen LogP contribution in [0.2, 0.25) is 0 Å². The van der Waals surface area contributed by atoms with Gasteiger partial charge >= 0.3 is 17.9 Å². The van der Waals surface area contributed by atoms with Crippen LogP contribution < -0.4 is 5.32 Å². The van der Waals surface area contributed by atoms with E-state index in [0.717, 1.165) is 4.90 Å². The Hall–Kier alpha value is -1.71. The van der Waals surface area contributed by atoms with Gasteiger partial charge in [-0.1, -0.05) is 0 Å². The molecule has 0 rings (SSSR count). The number of carbonyl (C=O) groups is 3. The Balaban J connectivity index is 4.43. The molecule has 9 nitrogen and oxygen atoms in total. The van der Waals surface area contributed by atoms with Gasteiger partial charge in [0.25, 0.3) is 0 Å². The van der Waals surface area contributed by atoms with E-state index in [-0.39, 0.29) is 13.1 Å². The second-order valence-electron chi connectivity index (χ2n) is 3.55. The molecule has 0 saturated carbocycles. The Morgan fingerprint density at radius 1 is 1.00 bits per heavy atom. The van der Waals surface area contributed by atoms with Crippen molar-refractivity contribution in [3.8, 4) is 0 Å². The summed E-state index contributed by atoms with van der Waals surface area (Å²) in [5.74, 6) is -3.56. The van der Waals surface area contributed by atoms with Crippen LogP contribution in [0.25, 0.3) is 0 Å². The Bertz CT molecular complexity index is 291. The fourth-order valence-corrected chi connectivity index (χ4v) is 1.32. The summed E-state index contributed by atoms with van der Waals surface area (Å²) in [4.78, 5) is 32.4. The number of aliphatic carboxylic acids is 3. The van der Waals surface area contributed by atoms with Crippen LogP contribution in [-0.2, 0) is 14.4 Å². The van der Waals surface area contributed by atoms with E-state index < -0.39 is 43.6 Å². The van der Waals surface area contributed by atoms with Gasteiger partial charge in [-0.2, -0.15) is 0 Å². The summed E-state index contributed by atoms with van der Waals surface area (Å²) >= 11 is 0. The lowest BCUT2D eigenvalue weighted by Crippen LogP contribution is -2.49. The van der Waals surface area contributed by atoms with Gasteiger partial charge < -0.3 is 25.7 Å². The lowest BCUT2D eigenvalue weighted by molar-refractivity contribution is -0.143. The highest BCUT2D eigenvalue weighted by Gasteiger charge is 2.22. The summed E-state index contributed by atoms with van der Waals surface area (Å²) in [7, 11) is 0. The van der Waals surface area contributed by atoms with Crippen LogP contribution in [0.5, 0.6) is 0 Å². The molecule has 0 amide bonds. The van der Waals surface area contributed by atoms with E-state index in [0.29, 0.717) is 0 Å². The number of nitrogens with one attached hydrogen (secondary N) is 1. The molecule has 1 atom stereocenters. The number of rotatable bonds is 10. The molecule has 0 aromatic rings. The number of aliphatic hydroxyl groups excluding tert-OH is 1. The summed E-state index contributed by atoms with van der Waals surface area (Å²) < 4.78 is 0. The third-order valence-corrected chi connectivity index (χ3v) is 2.06. The number of hydrogen-bond donors (Lipinski definition) is 5. The van der Waals surface area contributed by atoms with E-state index in [2.05, 4.69) is 5.32 Å². The van der Waals surface area contributed by atoms with Crippen LogP contribution in [0.4, 0.5) is 0 Å². The molecule has 104 valence electrons. The summed E-state index contributed by atoms with van der Waals surface area (Å²) in [5, 5.41) is 37.2. The van der Waals surface area contributed by atoms with E-state index in [1.165, 1.54) is 0 Å². The summed E-state index contributed by atoms with van der Waals surface area (Å²) in [6.45, 7) is -1.96. The van der Waals surface area contributed by atoms with Crippen molar-refractivity contribution >= 4 is 17.9 Å². The smallest absolute Gasteiger partial charge is 0.317 e. The van der Waals surface area contributed by atoms with Crippen molar-refractivity contribution in [1.29, 1.82) is 0 Å². The minimum atomic E-state index is -1.23. The Labute approximate surface area is 103 Å². The second kappa shape index (κ2) is 8.39. The van der Waals surface area contributed by atoms with Crippen LogP contribution in [0.1, 0.15) is 0 Å². The van der Waals surface area contributed by atoms with Crippen LogP contribution in [-0.4, -0.2) is 82.1 Å². The maximum absolute atomic E-state index is 10.6. The minimum Gasteiger partial charge on any atom is -0.480 e. The predicted molar refractivity (Wildman–Crippen MR) is 58.2 cm³/mol. The molecule has 18 heavy (non-hydrogen) atoms. The zero-order chi connectivity index (χ0) is 14.1. The fraction of sp³-hybridized carbons (Fsp3) is 0.667. The monoisotopic (exact) mass is 264 g/mol. The zero-order valence-corrected chi connectivity index (χ0v) is 9.57. The molecule has 5 N–H and O–H groups in total. The van der Waals surface area contributed by atoms with E-state index >= 15 is 0 Å². The molecule has 0 aliphatic heterocycles. The molecule has 0 fully saturated rings. The van der Waals surface area contributed by atoms with Crippen LogP contribution in [0.15, 0.2) is 0 Å². The number of nitrogens with zero attached hydrogens (tertiary/aromatic N) is 1.